The van der Waals surface area contributed by atoms with E-state index in [4.69, 9.17) is 17.3 Å². The number of amides is 2. The third-order valence-corrected chi connectivity index (χ3v) is 4.82. The molecule has 2 N–H and O–H groups in total. The van der Waals surface area contributed by atoms with Crippen LogP contribution in [0.4, 0.5) is 16.2 Å². The highest BCUT2D eigenvalue weighted by atomic mass is 35.5. The Morgan fingerprint density at radius 2 is 1.61 bits per heavy atom. The summed E-state index contributed by atoms with van der Waals surface area (Å²) >= 11 is 6.22. The molecule has 2 saturated heterocycles. The van der Waals surface area contributed by atoms with Gasteiger partial charge in [-0.1, -0.05) is 11.6 Å². The van der Waals surface area contributed by atoms with Crippen molar-refractivity contribution in [3.8, 4) is 0 Å². The molecular weight excluding hydrogens is 316 g/mol. The summed E-state index contributed by atoms with van der Waals surface area (Å²) in [5.74, 6) is 0. The third-order valence-electron chi connectivity index (χ3n) is 4.54. The number of urea groups is 1. The molecule has 8 heteroatoms. The molecule has 3 rings (SSSR count). The van der Waals surface area contributed by atoms with Gasteiger partial charge in [0.05, 0.1) is 22.6 Å². The van der Waals surface area contributed by atoms with Crippen molar-refractivity contribution < 1.29 is 4.79 Å². The van der Waals surface area contributed by atoms with Gasteiger partial charge >= 0.3 is 6.03 Å². The quantitative estimate of drug-likeness (QED) is 0.820. The first-order valence-electron chi connectivity index (χ1n) is 7.92. The van der Waals surface area contributed by atoms with E-state index in [1.807, 2.05) is 9.80 Å². The summed E-state index contributed by atoms with van der Waals surface area (Å²) in [4.78, 5) is 24.8. The lowest BCUT2D eigenvalue weighted by Gasteiger charge is -2.40. The fraction of sp³-hybridized carbons (Fsp3) is 0.600. The number of likely N-dealkylation sites (N-methyl/N-ethyl adjacent to an activating group) is 1. The second-order valence-corrected chi connectivity index (χ2v) is 6.51. The lowest BCUT2D eigenvalue weighted by atomic mass is 10.2. The molecular formula is C15H23ClN6O. The minimum absolute atomic E-state index is 0.145. The highest BCUT2D eigenvalue weighted by Crippen LogP contribution is 2.31. The fourth-order valence-electron chi connectivity index (χ4n) is 3.10. The standard InChI is InChI=1S/C15H23ClN6O/c1-19-2-4-21(5-3-19)15(23)22-8-6-20(7-9-22)14-12(16)10-18-11-13(14)17/h10-11H,2-9,17H2,1H3. The summed E-state index contributed by atoms with van der Waals surface area (Å²) in [5.41, 5.74) is 7.40. The molecule has 0 spiro atoms. The van der Waals surface area contributed by atoms with Crippen LogP contribution in [0.2, 0.25) is 5.02 Å². The van der Waals surface area contributed by atoms with E-state index in [1.165, 1.54) is 0 Å². The third kappa shape index (κ3) is 3.45. The summed E-state index contributed by atoms with van der Waals surface area (Å²) in [6.07, 6.45) is 3.22. The van der Waals surface area contributed by atoms with Crippen LogP contribution in [0.3, 0.4) is 0 Å². The molecule has 1 aromatic rings. The van der Waals surface area contributed by atoms with Gasteiger partial charge in [0.25, 0.3) is 0 Å². The Hall–Kier alpha value is -1.73. The second-order valence-electron chi connectivity index (χ2n) is 6.11. The van der Waals surface area contributed by atoms with Crippen molar-refractivity contribution in [3.63, 3.8) is 0 Å². The van der Waals surface area contributed by atoms with E-state index in [-0.39, 0.29) is 6.03 Å². The zero-order valence-electron chi connectivity index (χ0n) is 13.4. The predicted octanol–water partition coefficient (Wildman–Crippen LogP) is 0.807. The Morgan fingerprint density at radius 1 is 1.04 bits per heavy atom. The number of nitrogens with two attached hydrogens (primary N) is 1. The first kappa shape index (κ1) is 16.1. The number of carbonyl (C=O) groups excluding carboxylic acids is 1. The minimum atomic E-state index is 0.145. The van der Waals surface area contributed by atoms with E-state index >= 15 is 0 Å². The Labute approximate surface area is 141 Å². The van der Waals surface area contributed by atoms with E-state index in [1.54, 1.807) is 12.4 Å². The maximum Gasteiger partial charge on any atom is 0.320 e. The molecule has 2 aliphatic rings. The van der Waals surface area contributed by atoms with Gasteiger partial charge in [0.1, 0.15) is 0 Å². The van der Waals surface area contributed by atoms with Crippen molar-refractivity contribution in [1.29, 1.82) is 0 Å². The fourth-order valence-corrected chi connectivity index (χ4v) is 3.38. The molecule has 2 amide bonds. The molecule has 0 bridgehead atoms. The number of nitrogens with zero attached hydrogens (tertiary/aromatic N) is 5. The molecule has 0 saturated carbocycles. The summed E-state index contributed by atoms with van der Waals surface area (Å²) in [6, 6.07) is 0.145. The molecule has 2 aliphatic heterocycles. The van der Waals surface area contributed by atoms with Crippen molar-refractivity contribution in [2.24, 2.45) is 0 Å². The van der Waals surface area contributed by atoms with Crippen molar-refractivity contribution in [2.75, 3.05) is 70.0 Å². The van der Waals surface area contributed by atoms with E-state index in [2.05, 4.69) is 21.8 Å². The lowest BCUT2D eigenvalue weighted by Crippen LogP contribution is -2.56. The van der Waals surface area contributed by atoms with Gasteiger partial charge in [0.2, 0.25) is 0 Å². The first-order chi connectivity index (χ1) is 11.1. The van der Waals surface area contributed by atoms with Gasteiger partial charge in [-0.15, -0.1) is 0 Å². The van der Waals surface area contributed by atoms with Crippen molar-refractivity contribution >= 4 is 29.0 Å². The van der Waals surface area contributed by atoms with Gasteiger partial charge in [-0.25, -0.2) is 4.79 Å². The molecule has 0 unspecified atom stereocenters. The zero-order chi connectivity index (χ0) is 16.4. The number of halogens is 1. The maximum atomic E-state index is 12.6. The van der Waals surface area contributed by atoms with Crippen LogP contribution in [-0.4, -0.2) is 85.1 Å². The van der Waals surface area contributed by atoms with Crippen LogP contribution in [0.5, 0.6) is 0 Å². The number of hydrogen-bond donors (Lipinski definition) is 1. The van der Waals surface area contributed by atoms with Gasteiger partial charge in [0, 0.05) is 58.6 Å². The Kier molecular flexibility index (Phi) is 4.77. The summed E-state index contributed by atoms with van der Waals surface area (Å²) < 4.78 is 0. The van der Waals surface area contributed by atoms with Gasteiger partial charge in [-0.05, 0) is 7.05 Å². The van der Waals surface area contributed by atoms with Gasteiger partial charge in [-0.2, -0.15) is 0 Å². The maximum absolute atomic E-state index is 12.6. The average molecular weight is 339 g/mol. The number of rotatable bonds is 1. The van der Waals surface area contributed by atoms with Crippen molar-refractivity contribution in [3.05, 3.63) is 17.4 Å². The Bertz CT molecular complexity index is 547. The number of nitrogen functional groups attached to an aromatic ring is 1. The SMILES string of the molecule is CN1CCN(C(=O)N2CCN(c3c(N)cncc3Cl)CC2)CC1. The highest BCUT2D eigenvalue weighted by Gasteiger charge is 2.28. The summed E-state index contributed by atoms with van der Waals surface area (Å²) in [7, 11) is 2.09. The molecule has 7 nitrogen and oxygen atoms in total. The van der Waals surface area contributed by atoms with Crippen molar-refractivity contribution in [1.82, 2.24) is 19.7 Å². The molecule has 0 radical (unpaired) electrons. The molecule has 0 aromatic carbocycles. The molecule has 2 fully saturated rings. The Balaban J connectivity index is 1.59. The van der Waals surface area contributed by atoms with Crippen LogP contribution in [0.1, 0.15) is 0 Å². The number of anilines is 2. The minimum Gasteiger partial charge on any atom is -0.396 e. The zero-order valence-corrected chi connectivity index (χ0v) is 14.2. The van der Waals surface area contributed by atoms with E-state index in [9.17, 15) is 4.79 Å². The van der Waals surface area contributed by atoms with Gasteiger partial charge < -0.3 is 25.3 Å². The van der Waals surface area contributed by atoms with Crippen LogP contribution < -0.4 is 10.6 Å². The topological polar surface area (TPSA) is 68.9 Å². The molecule has 126 valence electrons. The monoisotopic (exact) mass is 338 g/mol. The van der Waals surface area contributed by atoms with Gasteiger partial charge in [0.15, 0.2) is 0 Å². The van der Waals surface area contributed by atoms with Crippen LogP contribution >= 0.6 is 11.6 Å². The number of hydrogen-bond acceptors (Lipinski definition) is 5. The normalized spacial score (nSPS) is 20.0. The second kappa shape index (κ2) is 6.80. The predicted molar refractivity (Wildman–Crippen MR) is 91.9 cm³/mol. The van der Waals surface area contributed by atoms with Crippen LogP contribution in [0, 0.1) is 0 Å². The van der Waals surface area contributed by atoms with Crippen LogP contribution in [0.25, 0.3) is 0 Å². The largest absolute Gasteiger partial charge is 0.396 e. The van der Waals surface area contributed by atoms with Crippen LogP contribution in [-0.2, 0) is 0 Å². The summed E-state index contributed by atoms with van der Waals surface area (Å²) in [6.45, 7) is 6.31. The lowest BCUT2D eigenvalue weighted by molar-refractivity contribution is 0.120. The number of aromatic nitrogens is 1. The highest BCUT2D eigenvalue weighted by molar-refractivity contribution is 6.33. The molecule has 1 aromatic heterocycles. The number of piperazine rings is 2. The molecule has 0 aliphatic carbocycles. The number of carbonyl (C=O) groups is 1. The average Bonchev–Trinajstić information content (AvgIpc) is 2.55. The van der Waals surface area contributed by atoms with Gasteiger partial charge in [-0.3, -0.25) is 4.98 Å². The van der Waals surface area contributed by atoms with E-state index in [0.29, 0.717) is 23.8 Å². The van der Waals surface area contributed by atoms with Crippen molar-refractivity contribution in [2.45, 2.75) is 0 Å². The summed E-state index contributed by atoms with van der Waals surface area (Å²) in [5, 5.41) is 0.559. The molecule has 23 heavy (non-hydrogen) atoms. The smallest absolute Gasteiger partial charge is 0.320 e. The van der Waals surface area contributed by atoms with E-state index in [0.717, 1.165) is 45.0 Å². The molecule has 0 atom stereocenters. The number of pyridine rings is 1. The van der Waals surface area contributed by atoms with Crippen LogP contribution in [0.15, 0.2) is 12.4 Å². The van der Waals surface area contributed by atoms with E-state index < -0.39 is 0 Å². The molecule has 3 heterocycles. The first-order valence-corrected chi connectivity index (χ1v) is 8.30. The Morgan fingerprint density at radius 3 is 2.17 bits per heavy atom.